The lowest BCUT2D eigenvalue weighted by Crippen LogP contribution is -2.16. The van der Waals surface area contributed by atoms with Gasteiger partial charge in [0.15, 0.2) is 5.78 Å². The summed E-state index contributed by atoms with van der Waals surface area (Å²) in [6.45, 7) is 2.05. The van der Waals surface area contributed by atoms with Crippen LogP contribution < -0.4 is 5.56 Å². The number of carbonyl (C=O) groups is 1. The lowest BCUT2D eigenvalue weighted by molar-refractivity contribution is 0.0979. The number of aryl methyl sites for hydroxylation is 1. The van der Waals surface area contributed by atoms with Crippen LogP contribution in [0, 0.1) is 0 Å². The third-order valence-electron chi connectivity index (χ3n) is 2.17. The summed E-state index contributed by atoms with van der Waals surface area (Å²) in [5, 5.41) is 0. The second-order valence-corrected chi connectivity index (χ2v) is 3.39. The zero-order chi connectivity index (χ0) is 10.6. The van der Waals surface area contributed by atoms with Crippen molar-refractivity contribution in [2.24, 2.45) is 7.05 Å². The Kier molecular flexibility index (Phi) is 3.63. The van der Waals surface area contributed by atoms with Gasteiger partial charge >= 0.3 is 0 Å². The smallest absolute Gasteiger partial charge is 0.250 e. The van der Waals surface area contributed by atoms with Gasteiger partial charge in [-0.3, -0.25) is 9.59 Å². The van der Waals surface area contributed by atoms with E-state index in [4.69, 9.17) is 0 Å². The molecular formula is C11H15NO2. The van der Waals surface area contributed by atoms with Gasteiger partial charge in [-0.1, -0.05) is 13.3 Å². The number of Topliss-reactive ketones (excluding diaryl/α,β-unsaturated/α-hetero) is 1. The van der Waals surface area contributed by atoms with Crippen molar-refractivity contribution in [3.05, 3.63) is 34.2 Å². The van der Waals surface area contributed by atoms with Crippen LogP contribution in [0.15, 0.2) is 23.1 Å². The lowest BCUT2D eigenvalue weighted by atomic mass is 10.1. The number of hydrogen-bond donors (Lipinski definition) is 0. The first-order chi connectivity index (χ1) is 6.65. The van der Waals surface area contributed by atoms with Crippen molar-refractivity contribution in [3.63, 3.8) is 0 Å². The molecule has 0 spiro atoms. The van der Waals surface area contributed by atoms with Crippen LogP contribution >= 0.6 is 0 Å². The molecule has 0 aliphatic heterocycles. The minimum atomic E-state index is -0.0861. The monoisotopic (exact) mass is 193 g/mol. The van der Waals surface area contributed by atoms with Gasteiger partial charge in [0, 0.05) is 31.3 Å². The van der Waals surface area contributed by atoms with Crippen molar-refractivity contribution in [3.8, 4) is 0 Å². The SMILES string of the molecule is CCCCC(=O)c1ccc(=O)n(C)c1. The Hall–Kier alpha value is -1.38. The molecule has 0 aromatic carbocycles. The Labute approximate surface area is 83.4 Å². The lowest BCUT2D eigenvalue weighted by Gasteiger charge is -2.01. The van der Waals surface area contributed by atoms with Gasteiger partial charge < -0.3 is 4.57 Å². The van der Waals surface area contributed by atoms with Crippen LogP contribution in [-0.4, -0.2) is 10.4 Å². The molecule has 1 aromatic heterocycles. The minimum Gasteiger partial charge on any atom is -0.318 e. The number of rotatable bonds is 4. The molecule has 76 valence electrons. The summed E-state index contributed by atoms with van der Waals surface area (Å²) in [4.78, 5) is 22.6. The molecule has 0 amide bonds. The Balaban J connectivity index is 2.81. The van der Waals surface area contributed by atoms with Crippen LogP contribution in [0.25, 0.3) is 0 Å². The maximum Gasteiger partial charge on any atom is 0.250 e. The van der Waals surface area contributed by atoms with E-state index in [2.05, 4.69) is 0 Å². The normalized spacial score (nSPS) is 10.1. The molecule has 0 bridgehead atoms. The summed E-state index contributed by atoms with van der Waals surface area (Å²) >= 11 is 0. The third kappa shape index (κ3) is 2.55. The van der Waals surface area contributed by atoms with Crippen molar-refractivity contribution in [2.75, 3.05) is 0 Å². The fraction of sp³-hybridized carbons (Fsp3) is 0.455. The molecular weight excluding hydrogens is 178 g/mol. The van der Waals surface area contributed by atoms with Gasteiger partial charge in [0.05, 0.1) is 0 Å². The van der Waals surface area contributed by atoms with Crippen LogP contribution in [-0.2, 0) is 7.05 Å². The van der Waals surface area contributed by atoms with Gasteiger partial charge in [-0.15, -0.1) is 0 Å². The van der Waals surface area contributed by atoms with Gasteiger partial charge in [0.25, 0.3) is 0 Å². The highest BCUT2D eigenvalue weighted by molar-refractivity contribution is 5.95. The number of unbranched alkanes of at least 4 members (excludes halogenated alkanes) is 1. The van der Waals surface area contributed by atoms with Crippen molar-refractivity contribution in [2.45, 2.75) is 26.2 Å². The zero-order valence-corrected chi connectivity index (χ0v) is 8.62. The van der Waals surface area contributed by atoms with Gasteiger partial charge in [0.2, 0.25) is 5.56 Å². The molecule has 0 N–H and O–H groups in total. The number of ketones is 1. The van der Waals surface area contributed by atoms with Crippen molar-refractivity contribution in [1.29, 1.82) is 0 Å². The van der Waals surface area contributed by atoms with Crippen LogP contribution in [0.5, 0.6) is 0 Å². The van der Waals surface area contributed by atoms with E-state index in [1.54, 1.807) is 19.3 Å². The van der Waals surface area contributed by atoms with E-state index in [-0.39, 0.29) is 11.3 Å². The number of aromatic nitrogens is 1. The molecule has 3 nitrogen and oxygen atoms in total. The fourth-order valence-corrected chi connectivity index (χ4v) is 1.24. The van der Waals surface area contributed by atoms with Gasteiger partial charge in [-0.25, -0.2) is 0 Å². The first-order valence-corrected chi connectivity index (χ1v) is 4.85. The van der Waals surface area contributed by atoms with E-state index in [0.717, 1.165) is 12.8 Å². The second kappa shape index (κ2) is 4.74. The standard InChI is InChI=1S/C11H15NO2/c1-3-4-5-10(13)9-6-7-11(14)12(2)8-9/h6-8H,3-5H2,1-2H3. The summed E-state index contributed by atoms with van der Waals surface area (Å²) in [6, 6.07) is 3.03. The molecule has 3 heteroatoms. The fourth-order valence-electron chi connectivity index (χ4n) is 1.24. The topological polar surface area (TPSA) is 39.1 Å². The molecule has 0 atom stereocenters. The first-order valence-electron chi connectivity index (χ1n) is 4.85. The van der Waals surface area contributed by atoms with Crippen LogP contribution in [0.3, 0.4) is 0 Å². The van der Waals surface area contributed by atoms with Crippen LogP contribution in [0.1, 0.15) is 36.5 Å². The number of nitrogens with zero attached hydrogens (tertiary/aromatic N) is 1. The molecule has 1 aromatic rings. The predicted molar refractivity (Wildman–Crippen MR) is 55.5 cm³/mol. The maximum atomic E-state index is 11.6. The molecule has 1 rings (SSSR count). The van der Waals surface area contributed by atoms with E-state index < -0.39 is 0 Å². The van der Waals surface area contributed by atoms with Crippen molar-refractivity contribution in [1.82, 2.24) is 4.57 Å². The molecule has 0 aliphatic carbocycles. The van der Waals surface area contributed by atoms with Gasteiger partial charge in [0.1, 0.15) is 0 Å². The number of hydrogen-bond acceptors (Lipinski definition) is 2. The second-order valence-electron chi connectivity index (χ2n) is 3.39. The highest BCUT2D eigenvalue weighted by atomic mass is 16.1. The number of pyridine rings is 1. The van der Waals surface area contributed by atoms with Crippen molar-refractivity contribution < 1.29 is 4.79 Å². The molecule has 0 fully saturated rings. The molecule has 14 heavy (non-hydrogen) atoms. The minimum absolute atomic E-state index is 0.0861. The van der Waals surface area contributed by atoms with E-state index in [9.17, 15) is 9.59 Å². The summed E-state index contributed by atoms with van der Waals surface area (Å²) in [7, 11) is 1.65. The largest absolute Gasteiger partial charge is 0.318 e. The molecule has 0 aliphatic rings. The van der Waals surface area contributed by atoms with Gasteiger partial charge in [-0.2, -0.15) is 0 Å². The van der Waals surface area contributed by atoms with E-state index in [1.165, 1.54) is 10.6 Å². The highest BCUT2D eigenvalue weighted by Crippen LogP contribution is 2.04. The molecule has 0 saturated heterocycles. The van der Waals surface area contributed by atoms with Crippen LogP contribution in [0.2, 0.25) is 0 Å². The molecule has 0 radical (unpaired) electrons. The average molecular weight is 193 g/mol. The van der Waals surface area contributed by atoms with E-state index in [0.29, 0.717) is 12.0 Å². The van der Waals surface area contributed by atoms with E-state index >= 15 is 0 Å². The summed E-state index contributed by atoms with van der Waals surface area (Å²) in [5.41, 5.74) is 0.539. The van der Waals surface area contributed by atoms with E-state index in [1.807, 2.05) is 6.92 Å². The summed E-state index contributed by atoms with van der Waals surface area (Å²) in [6.07, 6.45) is 4.08. The van der Waals surface area contributed by atoms with Gasteiger partial charge in [-0.05, 0) is 12.5 Å². The summed E-state index contributed by atoms with van der Waals surface area (Å²) < 4.78 is 1.43. The zero-order valence-electron chi connectivity index (χ0n) is 8.62. The Morgan fingerprint density at radius 1 is 1.43 bits per heavy atom. The Morgan fingerprint density at radius 3 is 2.71 bits per heavy atom. The Morgan fingerprint density at radius 2 is 2.14 bits per heavy atom. The molecule has 0 unspecified atom stereocenters. The quantitative estimate of drug-likeness (QED) is 0.683. The van der Waals surface area contributed by atoms with Crippen LogP contribution in [0.4, 0.5) is 0 Å². The summed E-state index contributed by atoms with van der Waals surface area (Å²) in [5.74, 6) is 0.113. The average Bonchev–Trinajstić information content (AvgIpc) is 2.18. The Bertz CT molecular complexity index is 379. The number of carbonyl (C=O) groups excluding carboxylic acids is 1. The maximum absolute atomic E-state index is 11.6. The predicted octanol–water partition coefficient (Wildman–Crippen LogP) is 1.76. The molecule has 0 saturated carbocycles. The highest BCUT2D eigenvalue weighted by Gasteiger charge is 2.05. The molecule has 1 heterocycles. The third-order valence-corrected chi connectivity index (χ3v) is 2.17. The first kappa shape index (κ1) is 10.7. The van der Waals surface area contributed by atoms with Crippen molar-refractivity contribution >= 4 is 5.78 Å².